The Bertz CT molecular complexity index is 658. The number of unbranched alkanes of at least 4 members (excludes halogenated alkanes) is 48. The van der Waals surface area contributed by atoms with Gasteiger partial charge in [0, 0.05) is 6.61 Å². The topological polar surface area (TPSA) is 9.23 Å². The van der Waals surface area contributed by atoms with Gasteiger partial charge in [0.2, 0.25) is 0 Å². The van der Waals surface area contributed by atoms with Gasteiger partial charge in [0.1, 0.15) is 10.5 Å². The molecule has 0 N–H and O–H groups in total. The Morgan fingerprint density at radius 3 is 0.475 bits per heavy atom. The van der Waals surface area contributed by atoms with E-state index >= 15 is 0 Å². The third kappa shape index (κ3) is 49.5. The molecule has 0 spiro atoms. The van der Waals surface area contributed by atoms with Crippen molar-refractivity contribution in [1.29, 1.82) is 0 Å². The molecule has 0 amide bonds. The summed E-state index contributed by atoms with van der Waals surface area (Å²) in [6.45, 7) is 8.03. The average Bonchev–Trinajstić information content (AvgIpc) is 3.27. The van der Waals surface area contributed by atoms with Crippen LogP contribution in [-0.2, 0) is 4.43 Å². The fourth-order valence-corrected chi connectivity index (χ4v) is 11.2. The van der Waals surface area contributed by atoms with Crippen LogP contribution in [-0.4, -0.2) is 17.1 Å². The third-order valence-corrected chi connectivity index (χ3v) is 15.2. The summed E-state index contributed by atoms with van der Waals surface area (Å²) in [6, 6.07) is 0. The minimum absolute atomic E-state index is 0.474. The van der Waals surface area contributed by atoms with E-state index in [2.05, 4.69) is 20.8 Å². The molecule has 2 heteroatoms. The summed E-state index contributed by atoms with van der Waals surface area (Å²) in [5, 5.41) is 0. The van der Waals surface area contributed by atoms with Crippen LogP contribution in [0, 0.1) is 5.41 Å². The van der Waals surface area contributed by atoms with Crippen molar-refractivity contribution in [3.05, 3.63) is 0 Å². The highest BCUT2D eigenvalue weighted by atomic mass is 28.2. The van der Waals surface area contributed by atoms with Gasteiger partial charge in [-0.3, -0.25) is 0 Å². The molecule has 0 saturated carbocycles. The molecule has 0 unspecified atom stereocenters. The van der Waals surface area contributed by atoms with Crippen LogP contribution in [0.25, 0.3) is 0 Å². The Morgan fingerprint density at radius 1 is 0.213 bits per heavy atom. The fourth-order valence-electron chi connectivity index (χ4n) is 10.6. The quantitative estimate of drug-likeness (QED) is 0.0437. The molecule has 368 valence electrons. The van der Waals surface area contributed by atoms with E-state index in [1.807, 2.05) is 0 Å². The molecule has 0 heterocycles. The summed E-state index contributed by atoms with van der Waals surface area (Å²) in [4.78, 5) is 0. The third-order valence-electron chi connectivity index (χ3n) is 14.9. The number of hydrogen-bond donors (Lipinski definition) is 0. The van der Waals surface area contributed by atoms with Crippen LogP contribution in [0.4, 0.5) is 0 Å². The minimum Gasteiger partial charge on any atom is -0.427 e. The molecule has 0 aliphatic carbocycles. The van der Waals surface area contributed by atoms with E-state index < -0.39 is 0 Å². The first kappa shape index (κ1) is 61.2. The molecule has 0 aromatic heterocycles. The predicted molar refractivity (Wildman–Crippen MR) is 285 cm³/mol. The molecule has 0 aromatic rings. The Hall–Kier alpha value is 0.177. The molecule has 1 nitrogen and oxygen atoms in total. The maximum atomic E-state index is 6.20. The van der Waals surface area contributed by atoms with E-state index in [0.717, 1.165) is 17.1 Å². The monoisotopic (exact) mass is 875 g/mol. The summed E-state index contributed by atoms with van der Waals surface area (Å²) in [7, 11) is 0.904. The van der Waals surface area contributed by atoms with Crippen molar-refractivity contribution in [2.24, 2.45) is 5.41 Å². The highest BCUT2D eigenvalue weighted by Gasteiger charge is 2.28. The van der Waals surface area contributed by atoms with Crippen LogP contribution >= 0.6 is 0 Å². The van der Waals surface area contributed by atoms with Crippen LogP contribution in [0.2, 0.25) is 0 Å². The molecule has 61 heavy (non-hydrogen) atoms. The second-order valence-corrected chi connectivity index (χ2v) is 21.7. The summed E-state index contributed by atoms with van der Waals surface area (Å²) >= 11 is 0. The lowest BCUT2D eigenvalue weighted by Gasteiger charge is -2.34. The molecule has 0 saturated heterocycles. The van der Waals surface area contributed by atoms with E-state index in [1.165, 1.54) is 347 Å². The first-order valence-corrected chi connectivity index (χ1v) is 30.5. The molecule has 0 aliphatic heterocycles. The molecule has 0 aliphatic rings. The van der Waals surface area contributed by atoms with Gasteiger partial charge in [0.25, 0.3) is 0 Å². The minimum atomic E-state index is 0.474. The maximum absolute atomic E-state index is 6.20. The smallest absolute Gasteiger partial charge is 0.145 e. The van der Waals surface area contributed by atoms with Crippen molar-refractivity contribution >= 4 is 10.5 Å². The van der Waals surface area contributed by atoms with Crippen molar-refractivity contribution in [1.82, 2.24) is 0 Å². The summed E-state index contributed by atoms with van der Waals surface area (Å²) < 4.78 is 6.20. The van der Waals surface area contributed by atoms with Crippen LogP contribution < -0.4 is 0 Å². The molecule has 0 fully saturated rings. The van der Waals surface area contributed by atoms with Gasteiger partial charge in [-0.15, -0.1) is 0 Å². The van der Waals surface area contributed by atoms with E-state index in [0.29, 0.717) is 5.41 Å². The normalized spacial score (nSPS) is 12.0. The molecule has 0 aromatic carbocycles. The van der Waals surface area contributed by atoms with Gasteiger partial charge in [0.15, 0.2) is 0 Å². The van der Waals surface area contributed by atoms with Gasteiger partial charge in [-0.2, -0.15) is 0 Å². The van der Waals surface area contributed by atoms with Crippen molar-refractivity contribution in [3.63, 3.8) is 0 Å². The highest BCUT2D eigenvalue weighted by molar-refractivity contribution is 5.97. The lowest BCUT2D eigenvalue weighted by atomic mass is 9.74. The predicted octanol–water partition coefficient (Wildman–Crippen LogP) is 21.4. The van der Waals surface area contributed by atoms with E-state index in [9.17, 15) is 0 Å². The van der Waals surface area contributed by atoms with Gasteiger partial charge < -0.3 is 4.43 Å². The number of hydrogen-bond acceptors (Lipinski definition) is 1. The lowest BCUT2D eigenvalue weighted by molar-refractivity contribution is 0.107. The van der Waals surface area contributed by atoms with Gasteiger partial charge in [-0.25, -0.2) is 0 Å². The lowest BCUT2D eigenvalue weighted by Crippen LogP contribution is -2.27. The molecular weight excluding hydrogens is 753 g/mol. The second-order valence-electron chi connectivity index (χ2n) is 21.2. The first-order valence-electron chi connectivity index (χ1n) is 29.7. The SMILES string of the molecule is CCCCCCCCCCCCCCCCCCCC(CCCCCCCCCCCCCCCCCCC)(CCCCCCCCCCCCCCCCCCC)CO[SiH3]. The van der Waals surface area contributed by atoms with Crippen molar-refractivity contribution < 1.29 is 4.43 Å². The Balaban J connectivity index is 4.30. The molecule has 0 radical (unpaired) electrons. The molecular formula is C59H122OSi. The van der Waals surface area contributed by atoms with E-state index in [-0.39, 0.29) is 0 Å². The zero-order chi connectivity index (χ0) is 44.1. The average molecular weight is 876 g/mol. The van der Waals surface area contributed by atoms with Crippen LogP contribution in [0.15, 0.2) is 0 Å². The standard InChI is InChI=1S/C59H122OSi/c1-4-7-10-13-16-19-22-25-28-31-34-37-40-43-46-49-52-55-59(58-60-61,56-53-50-47-44-41-38-35-32-29-26-23-20-17-14-11-8-5-2)57-54-51-48-45-42-39-36-33-30-27-24-21-18-15-12-9-6-3/h4-58H2,1-3,61H3. The Kier molecular flexibility index (Phi) is 54.7. The van der Waals surface area contributed by atoms with Crippen LogP contribution in [0.5, 0.6) is 0 Å². The van der Waals surface area contributed by atoms with Crippen LogP contribution in [0.3, 0.4) is 0 Å². The largest absolute Gasteiger partial charge is 0.427 e. The van der Waals surface area contributed by atoms with Crippen molar-refractivity contribution in [3.8, 4) is 0 Å². The van der Waals surface area contributed by atoms with Gasteiger partial charge in [0.05, 0.1) is 0 Å². The van der Waals surface area contributed by atoms with Crippen molar-refractivity contribution in [2.45, 2.75) is 367 Å². The maximum Gasteiger partial charge on any atom is 0.145 e. The van der Waals surface area contributed by atoms with E-state index in [4.69, 9.17) is 4.43 Å². The van der Waals surface area contributed by atoms with Gasteiger partial charge in [-0.1, -0.05) is 348 Å². The molecule has 0 atom stereocenters. The summed E-state index contributed by atoms with van der Waals surface area (Å²) in [5.74, 6) is 0. The fraction of sp³-hybridized carbons (Fsp3) is 1.00. The Labute approximate surface area is 392 Å². The zero-order valence-electron chi connectivity index (χ0n) is 43.8. The van der Waals surface area contributed by atoms with Crippen molar-refractivity contribution in [2.75, 3.05) is 6.61 Å². The second kappa shape index (κ2) is 54.5. The van der Waals surface area contributed by atoms with Gasteiger partial charge >= 0.3 is 0 Å². The Morgan fingerprint density at radius 2 is 0.344 bits per heavy atom. The van der Waals surface area contributed by atoms with Crippen LogP contribution in [0.1, 0.15) is 367 Å². The summed E-state index contributed by atoms with van der Waals surface area (Å²) in [6.07, 6.45) is 79.1. The van der Waals surface area contributed by atoms with Gasteiger partial charge in [-0.05, 0) is 24.7 Å². The highest BCUT2D eigenvalue weighted by Crippen LogP contribution is 2.38. The van der Waals surface area contributed by atoms with E-state index in [1.54, 1.807) is 0 Å². The molecule has 0 rings (SSSR count). The first-order chi connectivity index (χ1) is 30.2. The summed E-state index contributed by atoms with van der Waals surface area (Å²) in [5.41, 5.74) is 0.474. The number of rotatable bonds is 56. The zero-order valence-corrected chi connectivity index (χ0v) is 45.8. The molecule has 0 bridgehead atoms.